The molecule has 0 aliphatic heterocycles. The molecule has 20 heavy (non-hydrogen) atoms. The van der Waals surface area contributed by atoms with Crippen molar-refractivity contribution in [3.8, 4) is 5.75 Å². The van der Waals surface area contributed by atoms with Crippen LogP contribution in [0.15, 0.2) is 35.1 Å². The zero-order chi connectivity index (χ0) is 13.8. The SMILES string of the molecule is CCOc1ccc2nc(SCCc3cncs3)[nH]c2c1. The van der Waals surface area contributed by atoms with Crippen LogP contribution in [0, 0.1) is 0 Å². The van der Waals surface area contributed by atoms with E-state index in [1.807, 2.05) is 36.8 Å². The van der Waals surface area contributed by atoms with Crippen LogP contribution >= 0.6 is 23.1 Å². The third kappa shape index (κ3) is 3.13. The lowest BCUT2D eigenvalue weighted by Crippen LogP contribution is -1.90. The van der Waals surface area contributed by atoms with E-state index in [0.717, 1.165) is 34.1 Å². The third-order valence-electron chi connectivity index (χ3n) is 2.81. The smallest absolute Gasteiger partial charge is 0.166 e. The van der Waals surface area contributed by atoms with Crippen molar-refractivity contribution < 1.29 is 4.74 Å². The highest BCUT2D eigenvalue weighted by atomic mass is 32.2. The summed E-state index contributed by atoms with van der Waals surface area (Å²) in [6, 6.07) is 5.95. The van der Waals surface area contributed by atoms with Crippen molar-refractivity contribution in [1.82, 2.24) is 15.0 Å². The van der Waals surface area contributed by atoms with Gasteiger partial charge in [0.15, 0.2) is 5.16 Å². The molecule has 104 valence electrons. The summed E-state index contributed by atoms with van der Waals surface area (Å²) in [5.41, 5.74) is 3.88. The standard InChI is InChI=1S/C14H15N3OS2/c1-2-18-10-3-4-12-13(7-10)17-14(16-12)19-6-5-11-8-15-9-20-11/h3-4,7-9H,2,5-6H2,1H3,(H,16,17). The summed E-state index contributed by atoms with van der Waals surface area (Å²) in [4.78, 5) is 13.3. The lowest BCUT2D eigenvalue weighted by Gasteiger charge is -2.00. The van der Waals surface area contributed by atoms with Crippen LogP contribution in [0.4, 0.5) is 0 Å². The Balaban J connectivity index is 1.66. The number of fused-ring (bicyclic) bond motifs is 1. The van der Waals surface area contributed by atoms with Crippen molar-refractivity contribution in [3.05, 3.63) is 34.8 Å². The Morgan fingerprint density at radius 1 is 1.40 bits per heavy atom. The molecule has 0 aliphatic carbocycles. The number of thiazole rings is 1. The zero-order valence-electron chi connectivity index (χ0n) is 11.1. The molecule has 3 rings (SSSR count). The molecule has 2 aromatic heterocycles. The van der Waals surface area contributed by atoms with Crippen LogP contribution in [0.2, 0.25) is 0 Å². The fourth-order valence-corrected chi connectivity index (χ4v) is 3.49. The molecular weight excluding hydrogens is 290 g/mol. The molecule has 1 N–H and O–H groups in total. The summed E-state index contributed by atoms with van der Waals surface area (Å²) in [6.07, 6.45) is 2.95. The highest BCUT2D eigenvalue weighted by Gasteiger charge is 2.05. The number of nitrogens with zero attached hydrogens (tertiary/aromatic N) is 2. The maximum absolute atomic E-state index is 5.49. The van der Waals surface area contributed by atoms with Crippen LogP contribution in [-0.4, -0.2) is 27.3 Å². The van der Waals surface area contributed by atoms with Crippen LogP contribution in [0.5, 0.6) is 5.75 Å². The van der Waals surface area contributed by atoms with Crippen LogP contribution < -0.4 is 4.74 Å². The molecular formula is C14H15N3OS2. The van der Waals surface area contributed by atoms with Gasteiger partial charge in [-0.2, -0.15) is 0 Å². The summed E-state index contributed by atoms with van der Waals surface area (Å²) in [6.45, 7) is 2.66. The van der Waals surface area contributed by atoms with Gasteiger partial charge < -0.3 is 9.72 Å². The largest absolute Gasteiger partial charge is 0.494 e. The van der Waals surface area contributed by atoms with Crippen molar-refractivity contribution in [2.45, 2.75) is 18.5 Å². The van der Waals surface area contributed by atoms with E-state index < -0.39 is 0 Å². The molecule has 0 radical (unpaired) electrons. The number of benzene rings is 1. The molecule has 4 nitrogen and oxygen atoms in total. The number of H-pyrrole nitrogens is 1. The molecule has 0 atom stereocenters. The summed E-state index contributed by atoms with van der Waals surface area (Å²) in [5.74, 6) is 1.88. The minimum Gasteiger partial charge on any atom is -0.494 e. The van der Waals surface area contributed by atoms with Crippen molar-refractivity contribution in [2.24, 2.45) is 0 Å². The lowest BCUT2D eigenvalue weighted by molar-refractivity contribution is 0.340. The average molecular weight is 305 g/mol. The summed E-state index contributed by atoms with van der Waals surface area (Å²) in [7, 11) is 0. The molecule has 0 fully saturated rings. The molecule has 0 unspecified atom stereocenters. The second-order valence-electron chi connectivity index (χ2n) is 4.22. The quantitative estimate of drug-likeness (QED) is 0.705. The first-order valence-corrected chi connectivity index (χ1v) is 8.34. The second-order valence-corrected chi connectivity index (χ2v) is 6.27. The Morgan fingerprint density at radius 2 is 2.35 bits per heavy atom. The summed E-state index contributed by atoms with van der Waals surface area (Å²) < 4.78 is 5.49. The van der Waals surface area contributed by atoms with Crippen molar-refractivity contribution in [2.75, 3.05) is 12.4 Å². The molecule has 0 spiro atoms. The Labute approximate surface area is 125 Å². The molecule has 0 bridgehead atoms. The predicted molar refractivity (Wildman–Crippen MR) is 83.8 cm³/mol. The first-order valence-electron chi connectivity index (χ1n) is 6.48. The Bertz CT molecular complexity index is 679. The Morgan fingerprint density at radius 3 is 3.15 bits per heavy atom. The van der Waals surface area contributed by atoms with Gasteiger partial charge in [0.25, 0.3) is 0 Å². The molecule has 6 heteroatoms. The first kappa shape index (κ1) is 13.5. The van der Waals surface area contributed by atoms with Crippen molar-refractivity contribution in [3.63, 3.8) is 0 Å². The van der Waals surface area contributed by atoms with Gasteiger partial charge in [0.1, 0.15) is 5.75 Å². The van der Waals surface area contributed by atoms with Crippen molar-refractivity contribution >= 4 is 34.1 Å². The van der Waals surface area contributed by atoms with Crippen LogP contribution in [0.25, 0.3) is 11.0 Å². The number of aromatic amines is 1. The maximum Gasteiger partial charge on any atom is 0.166 e. The number of thioether (sulfide) groups is 1. The molecule has 0 amide bonds. The predicted octanol–water partition coefficient (Wildman–Crippen LogP) is 3.75. The van der Waals surface area contributed by atoms with Gasteiger partial charge in [-0.05, 0) is 25.5 Å². The van der Waals surface area contributed by atoms with Crippen molar-refractivity contribution in [1.29, 1.82) is 0 Å². The monoisotopic (exact) mass is 305 g/mol. The average Bonchev–Trinajstić information content (AvgIpc) is 3.07. The van der Waals surface area contributed by atoms with E-state index in [0.29, 0.717) is 6.61 Å². The Kier molecular flexibility index (Phi) is 4.22. The second kappa shape index (κ2) is 6.28. The van der Waals surface area contributed by atoms with Gasteiger partial charge >= 0.3 is 0 Å². The fourth-order valence-electron chi connectivity index (χ4n) is 1.90. The lowest BCUT2D eigenvalue weighted by atomic mass is 10.3. The van der Waals surface area contributed by atoms with Gasteiger partial charge in [-0.3, -0.25) is 4.98 Å². The number of nitrogens with one attached hydrogen (secondary N) is 1. The highest BCUT2D eigenvalue weighted by Crippen LogP contribution is 2.24. The summed E-state index contributed by atoms with van der Waals surface area (Å²) in [5, 5.41) is 0.957. The van der Waals surface area contributed by atoms with Gasteiger partial charge in [-0.25, -0.2) is 4.98 Å². The van der Waals surface area contributed by atoms with Gasteiger partial charge in [-0.1, -0.05) is 11.8 Å². The number of hydrogen-bond donors (Lipinski definition) is 1. The fraction of sp³-hybridized carbons (Fsp3) is 0.286. The molecule has 2 heterocycles. The number of rotatable bonds is 6. The van der Waals surface area contributed by atoms with E-state index in [1.54, 1.807) is 23.1 Å². The van der Waals surface area contributed by atoms with Gasteiger partial charge in [0.2, 0.25) is 0 Å². The maximum atomic E-state index is 5.49. The van der Waals surface area contributed by atoms with Crippen LogP contribution in [0.1, 0.15) is 11.8 Å². The van der Waals surface area contributed by atoms with Crippen LogP contribution in [-0.2, 0) is 6.42 Å². The first-order chi connectivity index (χ1) is 9.85. The van der Waals surface area contributed by atoms with E-state index in [2.05, 4.69) is 15.0 Å². The number of aromatic nitrogens is 3. The minimum atomic E-state index is 0.677. The highest BCUT2D eigenvalue weighted by molar-refractivity contribution is 7.99. The Hall–Kier alpha value is -1.53. The molecule has 1 aromatic carbocycles. The summed E-state index contributed by atoms with van der Waals surface area (Å²) >= 11 is 3.43. The number of ether oxygens (including phenoxy) is 1. The molecule has 0 aliphatic rings. The zero-order valence-corrected chi connectivity index (χ0v) is 12.8. The van der Waals surface area contributed by atoms with E-state index in [1.165, 1.54) is 4.88 Å². The number of aryl methyl sites for hydroxylation is 1. The molecule has 0 saturated carbocycles. The number of hydrogen-bond acceptors (Lipinski definition) is 5. The van der Waals surface area contributed by atoms with Crippen LogP contribution in [0.3, 0.4) is 0 Å². The minimum absolute atomic E-state index is 0.677. The topological polar surface area (TPSA) is 50.8 Å². The molecule has 0 saturated heterocycles. The van der Waals surface area contributed by atoms with E-state index in [-0.39, 0.29) is 0 Å². The normalized spacial score (nSPS) is 11.1. The van der Waals surface area contributed by atoms with E-state index in [4.69, 9.17) is 4.74 Å². The number of imidazole rings is 1. The van der Waals surface area contributed by atoms with Gasteiger partial charge in [-0.15, -0.1) is 11.3 Å². The molecule has 3 aromatic rings. The third-order valence-corrected chi connectivity index (χ3v) is 4.53. The van der Waals surface area contributed by atoms with Gasteiger partial charge in [0, 0.05) is 22.9 Å². The van der Waals surface area contributed by atoms with E-state index in [9.17, 15) is 0 Å². The van der Waals surface area contributed by atoms with E-state index >= 15 is 0 Å². The van der Waals surface area contributed by atoms with Gasteiger partial charge in [0.05, 0.1) is 23.2 Å².